The molecule has 0 bridgehead atoms. The first kappa shape index (κ1) is 13.0. The lowest BCUT2D eigenvalue weighted by Crippen LogP contribution is -2.45. The third-order valence-electron chi connectivity index (χ3n) is 4.02. The van der Waals surface area contributed by atoms with E-state index in [1.54, 1.807) is 23.9 Å². The molecule has 0 atom stereocenters. The fourth-order valence-corrected chi connectivity index (χ4v) is 4.09. The van der Waals surface area contributed by atoms with Crippen molar-refractivity contribution in [2.45, 2.75) is 44.2 Å². The number of benzene rings is 1. The van der Waals surface area contributed by atoms with Crippen LogP contribution < -0.4 is 5.32 Å². The quantitative estimate of drug-likeness (QED) is 0.891. The van der Waals surface area contributed by atoms with E-state index in [1.807, 2.05) is 6.07 Å². The van der Waals surface area contributed by atoms with E-state index in [-0.39, 0.29) is 11.4 Å². The minimum absolute atomic E-state index is 0.165. The Bertz CT molecular complexity index is 481. The summed E-state index contributed by atoms with van der Waals surface area (Å²) in [6.45, 7) is 0.429. The number of rotatable bonds is 2. The van der Waals surface area contributed by atoms with Crippen molar-refractivity contribution in [3.63, 3.8) is 0 Å². The monoisotopic (exact) mass is 278 g/mol. The molecule has 2 aliphatic rings. The van der Waals surface area contributed by atoms with Crippen LogP contribution in [0.4, 0.5) is 4.39 Å². The number of nitrogens with one attached hydrogen (secondary N) is 1. The van der Waals surface area contributed by atoms with Crippen molar-refractivity contribution in [2.24, 2.45) is 4.99 Å². The normalized spacial score (nSPS) is 23.7. The first-order chi connectivity index (χ1) is 9.27. The molecule has 1 saturated carbocycles. The summed E-state index contributed by atoms with van der Waals surface area (Å²) >= 11 is 1.79. The molecule has 0 radical (unpaired) electrons. The summed E-state index contributed by atoms with van der Waals surface area (Å²) in [5.41, 5.74) is 0.943. The molecule has 1 aliphatic carbocycles. The van der Waals surface area contributed by atoms with Gasteiger partial charge < -0.3 is 5.32 Å². The Labute approximate surface area is 117 Å². The van der Waals surface area contributed by atoms with E-state index >= 15 is 0 Å². The number of amidine groups is 1. The zero-order valence-electron chi connectivity index (χ0n) is 11.0. The molecule has 1 aromatic rings. The third-order valence-corrected chi connectivity index (χ3v) is 5.22. The van der Waals surface area contributed by atoms with Gasteiger partial charge in [0.2, 0.25) is 0 Å². The van der Waals surface area contributed by atoms with Crippen LogP contribution in [0.2, 0.25) is 0 Å². The highest BCUT2D eigenvalue weighted by Gasteiger charge is 2.37. The topological polar surface area (TPSA) is 24.4 Å². The molecule has 1 aliphatic heterocycles. The van der Waals surface area contributed by atoms with Gasteiger partial charge in [-0.2, -0.15) is 0 Å². The zero-order chi connectivity index (χ0) is 13.1. The summed E-state index contributed by atoms with van der Waals surface area (Å²) in [6.07, 6.45) is 6.48. The molecular weight excluding hydrogens is 259 g/mol. The summed E-state index contributed by atoms with van der Waals surface area (Å²) in [5.74, 6) is 0.950. The minimum Gasteiger partial charge on any atom is -0.359 e. The van der Waals surface area contributed by atoms with Gasteiger partial charge in [0.15, 0.2) is 5.17 Å². The van der Waals surface area contributed by atoms with Gasteiger partial charge in [0.05, 0.1) is 6.54 Å². The summed E-state index contributed by atoms with van der Waals surface area (Å²) in [6, 6.07) is 6.87. The molecule has 2 nitrogen and oxygen atoms in total. The van der Waals surface area contributed by atoms with Gasteiger partial charge in [0, 0.05) is 16.9 Å². The Kier molecular flexibility index (Phi) is 3.78. The fourth-order valence-electron chi connectivity index (χ4n) is 2.87. The van der Waals surface area contributed by atoms with Crippen LogP contribution in [0.25, 0.3) is 0 Å². The van der Waals surface area contributed by atoms with Crippen LogP contribution in [-0.4, -0.2) is 16.5 Å². The van der Waals surface area contributed by atoms with E-state index in [2.05, 4.69) is 10.3 Å². The maximum Gasteiger partial charge on any atom is 0.157 e. The molecular formula is C15H19FN2S. The molecule has 0 unspecified atom stereocenters. The average molecular weight is 278 g/mol. The molecule has 1 N–H and O–H groups in total. The van der Waals surface area contributed by atoms with Crippen LogP contribution >= 0.6 is 11.8 Å². The van der Waals surface area contributed by atoms with Gasteiger partial charge >= 0.3 is 0 Å². The minimum atomic E-state index is -0.165. The Morgan fingerprint density at radius 2 is 2.00 bits per heavy atom. The van der Waals surface area contributed by atoms with Crippen molar-refractivity contribution in [3.05, 3.63) is 35.6 Å². The SMILES string of the molecule is Fc1ccccc1CN=C1NC2(CCCCC2)CS1. The summed E-state index contributed by atoms with van der Waals surface area (Å²) in [7, 11) is 0. The number of thioether (sulfide) groups is 1. The van der Waals surface area contributed by atoms with Gasteiger partial charge in [-0.3, -0.25) is 4.99 Å². The lowest BCUT2D eigenvalue weighted by molar-refractivity contribution is 0.303. The predicted octanol–water partition coefficient (Wildman–Crippen LogP) is 3.72. The second-order valence-electron chi connectivity index (χ2n) is 5.47. The highest BCUT2D eigenvalue weighted by Crippen LogP contribution is 2.36. The van der Waals surface area contributed by atoms with Crippen LogP contribution in [-0.2, 0) is 6.54 Å². The molecule has 0 amide bonds. The Balaban J connectivity index is 1.64. The van der Waals surface area contributed by atoms with Crippen LogP contribution in [0, 0.1) is 5.82 Å². The average Bonchev–Trinajstić information content (AvgIpc) is 2.82. The van der Waals surface area contributed by atoms with Crippen molar-refractivity contribution < 1.29 is 4.39 Å². The molecule has 1 spiro atoms. The van der Waals surface area contributed by atoms with Crippen LogP contribution in [0.1, 0.15) is 37.7 Å². The second-order valence-corrected chi connectivity index (χ2v) is 6.43. The van der Waals surface area contributed by atoms with Gasteiger partial charge in [0.1, 0.15) is 5.82 Å². The highest BCUT2D eigenvalue weighted by molar-refractivity contribution is 8.14. The fraction of sp³-hybridized carbons (Fsp3) is 0.533. The third kappa shape index (κ3) is 2.94. The second kappa shape index (κ2) is 5.53. The van der Waals surface area contributed by atoms with Crippen LogP contribution in [0.5, 0.6) is 0 Å². The van der Waals surface area contributed by atoms with Crippen molar-refractivity contribution in [3.8, 4) is 0 Å². The Morgan fingerprint density at radius 1 is 1.21 bits per heavy atom. The number of hydrogen-bond acceptors (Lipinski definition) is 2. The molecule has 2 fully saturated rings. The molecule has 19 heavy (non-hydrogen) atoms. The molecule has 1 heterocycles. The van der Waals surface area contributed by atoms with E-state index in [4.69, 9.17) is 0 Å². The molecule has 1 aromatic carbocycles. The number of aliphatic imine (C=N–C) groups is 1. The molecule has 102 valence electrons. The zero-order valence-corrected chi connectivity index (χ0v) is 11.8. The molecule has 1 saturated heterocycles. The maximum atomic E-state index is 13.5. The molecule has 0 aromatic heterocycles. The van der Waals surface area contributed by atoms with E-state index < -0.39 is 0 Å². The van der Waals surface area contributed by atoms with Crippen molar-refractivity contribution in [1.29, 1.82) is 0 Å². The lowest BCUT2D eigenvalue weighted by Gasteiger charge is -2.32. The van der Waals surface area contributed by atoms with E-state index in [0.29, 0.717) is 12.1 Å². The lowest BCUT2D eigenvalue weighted by atomic mass is 9.83. The van der Waals surface area contributed by atoms with Crippen LogP contribution in [0.15, 0.2) is 29.3 Å². The van der Waals surface area contributed by atoms with E-state index in [1.165, 1.54) is 38.2 Å². The standard InChI is InChI=1S/C15H19FN2S/c16-13-7-3-2-6-12(13)10-17-14-18-15(11-19-14)8-4-1-5-9-15/h2-3,6-7H,1,4-5,8-11H2,(H,17,18). The van der Waals surface area contributed by atoms with Gasteiger partial charge in [-0.1, -0.05) is 49.2 Å². The largest absolute Gasteiger partial charge is 0.359 e. The highest BCUT2D eigenvalue weighted by atomic mass is 32.2. The predicted molar refractivity (Wildman–Crippen MR) is 78.9 cm³/mol. The Hall–Kier alpha value is -1.03. The molecule has 4 heteroatoms. The van der Waals surface area contributed by atoms with Crippen molar-refractivity contribution in [1.82, 2.24) is 5.32 Å². The van der Waals surface area contributed by atoms with E-state index in [9.17, 15) is 4.39 Å². The first-order valence-electron chi connectivity index (χ1n) is 6.96. The van der Waals surface area contributed by atoms with Gasteiger partial charge in [-0.05, 0) is 18.9 Å². The number of halogens is 1. The molecule has 3 rings (SSSR count). The first-order valence-corrected chi connectivity index (χ1v) is 7.95. The summed E-state index contributed by atoms with van der Waals surface area (Å²) in [4.78, 5) is 4.53. The van der Waals surface area contributed by atoms with Crippen molar-refractivity contribution in [2.75, 3.05) is 5.75 Å². The van der Waals surface area contributed by atoms with Crippen LogP contribution in [0.3, 0.4) is 0 Å². The van der Waals surface area contributed by atoms with Gasteiger partial charge in [-0.25, -0.2) is 4.39 Å². The Morgan fingerprint density at radius 3 is 2.79 bits per heavy atom. The van der Waals surface area contributed by atoms with E-state index in [0.717, 1.165) is 10.9 Å². The van der Waals surface area contributed by atoms with Gasteiger partial charge in [0.25, 0.3) is 0 Å². The number of nitrogens with zero attached hydrogens (tertiary/aromatic N) is 1. The summed E-state index contributed by atoms with van der Waals surface area (Å²) < 4.78 is 13.5. The maximum absolute atomic E-state index is 13.5. The van der Waals surface area contributed by atoms with Gasteiger partial charge in [-0.15, -0.1) is 0 Å². The number of hydrogen-bond donors (Lipinski definition) is 1. The van der Waals surface area contributed by atoms with Crippen molar-refractivity contribution >= 4 is 16.9 Å². The summed E-state index contributed by atoms with van der Waals surface area (Å²) in [5, 5.41) is 4.58. The smallest absolute Gasteiger partial charge is 0.157 e.